The molecule has 0 fully saturated rings. The largest absolute Gasteiger partial charge is 0.465 e. The number of oxazole rings is 1. The normalized spacial score (nSPS) is 12.0. The van der Waals surface area contributed by atoms with E-state index in [9.17, 15) is 4.79 Å². The maximum Gasteiger partial charge on any atom is 0.248 e. The summed E-state index contributed by atoms with van der Waals surface area (Å²) in [6, 6.07) is 17.2. The van der Waals surface area contributed by atoms with Crippen molar-refractivity contribution in [2.24, 2.45) is 0 Å². The Bertz CT molecular complexity index is 1160. The number of aromatic nitrogens is 1. The van der Waals surface area contributed by atoms with Gasteiger partial charge in [-0.15, -0.1) is 0 Å². The van der Waals surface area contributed by atoms with E-state index in [2.05, 4.69) is 43.2 Å². The van der Waals surface area contributed by atoms with E-state index in [-0.39, 0.29) is 11.3 Å². The van der Waals surface area contributed by atoms with Crippen molar-refractivity contribution in [1.82, 2.24) is 4.98 Å². The third-order valence-electron chi connectivity index (χ3n) is 4.60. The van der Waals surface area contributed by atoms with Gasteiger partial charge in [0.15, 0.2) is 5.58 Å². The highest BCUT2D eigenvalue weighted by Crippen LogP contribution is 2.29. The Kier molecular flexibility index (Phi) is 4.80. The highest BCUT2D eigenvalue weighted by Gasteiger charge is 2.15. The van der Waals surface area contributed by atoms with E-state index in [0.717, 1.165) is 5.56 Å². The van der Waals surface area contributed by atoms with Crippen molar-refractivity contribution in [1.29, 1.82) is 0 Å². The first-order valence-electron chi connectivity index (χ1n) is 9.42. The molecule has 0 unspecified atom stereocenters. The number of nitrogens with one attached hydrogen (secondary N) is 1. The van der Waals surface area contributed by atoms with Gasteiger partial charge in [-0.25, -0.2) is 4.98 Å². The van der Waals surface area contributed by atoms with Crippen LogP contribution in [0, 0.1) is 0 Å². The SMILES string of the molecule is CC(C)(C)c1ccc(-c2nc3cc(NC(=O)C=Cc4ccco4)ccc3o2)cc1. The number of hydrogen-bond acceptors (Lipinski definition) is 4. The van der Waals surface area contributed by atoms with Gasteiger partial charge in [0.05, 0.1) is 6.26 Å². The molecule has 1 amide bonds. The minimum atomic E-state index is -0.248. The number of fused-ring (bicyclic) bond motifs is 1. The van der Waals surface area contributed by atoms with Crippen molar-refractivity contribution in [3.8, 4) is 11.5 Å². The Morgan fingerprint density at radius 1 is 1.07 bits per heavy atom. The molecule has 0 radical (unpaired) electrons. The minimum absolute atomic E-state index is 0.0956. The van der Waals surface area contributed by atoms with Crippen molar-refractivity contribution in [2.75, 3.05) is 5.32 Å². The fourth-order valence-electron chi connectivity index (χ4n) is 2.97. The number of furan rings is 1. The lowest BCUT2D eigenvalue weighted by Gasteiger charge is -2.18. The van der Waals surface area contributed by atoms with Crippen molar-refractivity contribution in [2.45, 2.75) is 26.2 Å². The number of rotatable bonds is 4. The molecule has 0 spiro atoms. The van der Waals surface area contributed by atoms with E-state index in [0.29, 0.717) is 28.4 Å². The number of nitrogens with zero attached hydrogens (tertiary/aromatic N) is 1. The number of anilines is 1. The Morgan fingerprint density at radius 2 is 1.86 bits per heavy atom. The molecule has 0 aliphatic heterocycles. The van der Waals surface area contributed by atoms with Gasteiger partial charge in [-0.05, 0) is 59.5 Å². The third kappa shape index (κ3) is 4.29. The van der Waals surface area contributed by atoms with E-state index < -0.39 is 0 Å². The van der Waals surface area contributed by atoms with Crippen molar-refractivity contribution < 1.29 is 13.6 Å². The summed E-state index contributed by atoms with van der Waals surface area (Å²) in [4.78, 5) is 16.7. The van der Waals surface area contributed by atoms with Crippen LogP contribution in [0.1, 0.15) is 32.1 Å². The van der Waals surface area contributed by atoms with E-state index in [1.807, 2.05) is 12.1 Å². The number of amides is 1. The summed E-state index contributed by atoms with van der Waals surface area (Å²) in [6.45, 7) is 6.54. The molecule has 0 atom stereocenters. The molecule has 4 aromatic rings. The van der Waals surface area contributed by atoms with Crippen LogP contribution >= 0.6 is 0 Å². The smallest absolute Gasteiger partial charge is 0.248 e. The summed E-state index contributed by atoms with van der Waals surface area (Å²) in [5, 5.41) is 2.82. The summed E-state index contributed by atoms with van der Waals surface area (Å²) >= 11 is 0. The fourth-order valence-corrected chi connectivity index (χ4v) is 2.97. The van der Waals surface area contributed by atoms with Gasteiger partial charge in [-0.2, -0.15) is 0 Å². The highest BCUT2D eigenvalue weighted by atomic mass is 16.3. The van der Waals surface area contributed by atoms with Crippen LogP contribution in [-0.4, -0.2) is 10.9 Å². The number of hydrogen-bond donors (Lipinski definition) is 1. The maximum atomic E-state index is 12.1. The Morgan fingerprint density at radius 3 is 2.55 bits per heavy atom. The van der Waals surface area contributed by atoms with Crippen LogP contribution in [0.2, 0.25) is 0 Å². The molecule has 4 rings (SSSR count). The zero-order chi connectivity index (χ0) is 20.4. The number of carbonyl (C=O) groups excluding carboxylic acids is 1. The van der Waals surface area contributed by atoms with Crippen molar-refractivity contribution in [3.05, 3.63) is 78.3 Å². The Labute approximate surface area is 169 Å². The average Bonchev–Trinajstić information content (AvgIpc) is 3.35. The van der Waals surface area contributed by atoms with Crippen LogP contribution in [-0.2, 0) is 10.2 Å². The van der Waals surface area contributed by atoms with Gasteiger partial charge >= 0.3 is 0 Å². The first kappa shape index (κ1) is 18.7. The highest BCUT2D eigenvalue weighted by molar-refractivity contribution is 6.02. The molecule has 0 saturated carbocycles. The van der Waals surface area contributed by atoms with Crippen LogP contribution in [0.5, 0.6) is 0 Å². The second-order valence-corrected chi connectivity index (χ2v) is 7.87. The first-order chi connectivity index (χ1) is 13.9. The van der Waals surface area contributed by atoms with Crippen molar-refractivity contribution in [3.63, 3.8) is 0 Å². The molecule has 0 bridgehead atoms. The summed E-state index contributed by atoms with van der Waals surface area (Å²) < 4.78 is 11.1. The standard InChI is InChI=1S/C24H22N2O3/c1-24(2,3)17-8-6-16(7-9-17)23-26-20-15-18(10-12-21(20)29-23)25-22(27)13-11-19-5-4-14-28-19/h4-15H,1-3H3,(H,25,27). The van der Waals surface area contributed by atoms with E-state index in [1.165, 1.54) is 11.6 Å². The van der Waals surface area contributed by atoms with Crippen LogP contribution in [0.4, 0.5) is 5.69 Å². The zero-order valence-electron chi connectivity index (χ0n) is 16.6. The predicted octanol–water partition coefficient (Wildman–Crippen LogP) is 6.04. The molecule has 146 valence electrons. The van der Waals surface area contributed by atoms with Gasteiger partial charge in [0.1, 0.15) is 11.3 Å². The van der Waals surface area contributed by atoms with Gasteiger partial charge in [0.2, 0.25) is 11.8 Å². The number of benzene rings is 2. The quantitative estimate of drug-likeness (QED) is 0.434. The summed E-state index contributed by atoms with van der Waals surface area (Å²) in [6.07, 6.45) is 4.60. The van der Waals surface area contributed by atoms with Gasteiger partial charge < -0.3 is 14.2 Å². The second kappa shape index (κ2) is 7.43. The van der Waals surface area contributed by atoms with Gasteiger partial charge in [0, 0.05) is 17.3 Å². The van der Waals surface area contributed by atoms with Gasteiger partial charge in [-0.3, -0.25) is 4.79 Å². The monoisotopic (exact) mass is 386 g/mol. The van der Waals surface area contributed by atoms with E-state index >= 15 is 0 Å². The van der Waals surface area contributed by atoms with Crippen molar-refractivity contribution >= 4 is 28.8 Å². The van der Waals surface area contributed by atoms with Gasteiger partial charge in [-0.1, -0.05) is 32.9 Å². The molecule has 0 saturated heterocycles. The van der Waals surface area contributed by atoms with Gasteiger partial charge in [0.25, 0.3) is 0 Å². The summed E-state index contributed by atoms with van der Waals surface area (Å²) in [5.41, 5.74) is 4.27. The van der Waals surface area contributed by atoms with Crippen LogP contribution < -0.4 is 5.32 Å². The molecule has 0 aliphatic rings. The molecular formula is C24H22N2O3. The van der Waals surface area contributed by atoms with E-state index in [1.54, 1.807) is 42.7 Å². The molecule has 2 aromatic carbocycles. The first-order valence-corrected chi connectivity index (χ1v) is 9.42. The molecule has 2 heterocycles. The Balaban J connectivity index is 1.52. The molecule has 0 aliphatic carbocycles. The lowest BCUT2D eigenvalue weighted by Crippen LogP contribution is -2.10. The van der Waals surface area contributed by atoms with E-state index in [4.69, 9.17) is 8.83 Å². The summed E-state index contributed by atoms with van der Waals surface area (Å²) in [7, 11) is 0. The second-order valence-electron chi connectivity index (χ2n) is 7.87. The molecule has 1 N–H and O–H groups in total. The maximum absolute atomic E-state index is 12.1. The molecular weight excluding hydrogens is 364 g/mol. The molecule has 2 aromatic heterocycles. The van der Waals surface area contributed by atoms with Crippen LogP contribution in [0.15, 0.2) is 75.8 Å². The minimum Gasteiger partial charge on any atom is -0.465 e. The average molecular weight is 386 g/mol. The zero-order valence-corrected chi connectivity index (χ0v) is 16.6. The third-order valence-corrected chi connectivity index (χ3v) is 4.60. The number of carbonyl (C=O) groups is 1. The fraction of sp³-hybridized carbons (Fsp3) is 0.167. The topological polar surface area (TPSA) is 68.3 Å². The van der Waals surface area contributed by atoms with Crippen LogP contribution in [0.3, 0.4) is 0 Å². The predicted molar refractivity (Wildman–Crippen MR) is 115 cm³/mol. The Hall–Kier alpha value is -3.60. The lowest BCUT2D eigenvalue weighted by atomic mass is 9.87. The molecule has 5 heteroatoms. The van der Waals surface area contributed by atoms with Crippen LogP contribution in [0.25, 0.3) is 28.6 Å². The molecule has 29 heavy (non-hydrogen) atoms. The molecule has 5 nitrogen and oxygen atoms in total. The summed E-state index contributed by atoms with van der Waals surface area (Å²) in [5.74, 6) is 0.929. The lowest BCUT2D eigenvalue weighted by molar-refractivity contribution is -0.111.